The average molecular weight is 249 g/mol. The van der Waals surface area contributed by atoms with Crippen molar-refractivity contribution in [1.29, 1.82) is 0 Å². The lowest BCUT2D eigenvalue weighted by Gasteiger charge is -2.25. The first kappa shape index (κ1) is 13.5. The number of nitrogens with one attached hydrogen (secondary N) is 1. The fraction of sp³-hybridized carbons (Fsp3) is 0.625. The Balaban J connectivity index is 1.84. The summed E-state index contributed by atoms with van der Waals surface area (Å²) in [5, 5.41) is 3.63. The Morgan fingerprint density at radius 1 is 1.22 bits per heavy atom. The first-order chi connectivity index (χ1) is 8.66. The van der Waals surface area contributed by atoms with E-state index in [9.17, 15) is 4.39 Å². The molecule has 1 fully saturated rings. The van der Waals surface area contributed by atoms with Gasteiger partial charge in [0.1, 0.15) is 5.82 Å². The van der Waals surface area contributed by atoms with Crippen molar-refractivity contribution in [3.8, 4) is 0 Å². The first-order valence-corrected chi connectivity index (χ1v) is 7.16. The van der Waals surface area contributed by atoms with Crippen molar-refractivity contribution in [3.63, 3.8) is 0 Å². The van der Waals surface area contributed by atoms with Gasteiger partial charge in [0.2, 0.25) is 0 Å². The van der Waals surface area contributed by atoms with Gasteiger partial charge in [-0.15, -0.1) is 0 Å². The molecule has 2 atom stereocenters. The molecular weight excluding hydrogens is 225 g/mol. The molecule has 0 spiro atoms. The molecule has 2 unspecified atom stereocenters. The molecule has 0 heterocycles. The summed E-state index contributed by atoms with van der Waals surface area (Å²) in [6, 6.07) is 7.96. The minimum Gasteiger partial charge on any atom is -0.311 e. The summed E-state index contributed by atoms with van der Waals surface area (Å²) in [5.74, 6) is 0.729. The van der Waals surface area contributed by atoms with Crippen molar-refractivity contribution in [3.05, 3.63) is 35.6 Å². The number of rotatable bonds is 5. The molecule has 0 aromatic heterocycles. The molecular formula is C16H24FN. The van der Waals surface area contributed by atoms with Gasteiger partial charge >= 0.3 is 0 Å². The fourth-order valence-corrected chi connectivity index (χ4v) is 3.09. The summed E-state index contributed by atoms with van der Waals surface area (Å²) < 4.78 is 13.6. The maximum Gasteiger partial charge on any atom is 0.126 e. The Hall–Kier alpha value is -0.890. The molecule has 1 aliphatic rings. The summed E-state index contributed by atoms with van der Waals surface area (Å²) in [6.45, 7) is 4.42. The number of benzene rings is 1. The molecule has 1 saturated carbocycles. The van der Waals surface area contributed by atoms with E-state index in [1.54, 1.807) is 12.1 Å². The topological polar surface area (TPSA) is 12.0 Å². The van der Waals surface area contributed by atoms with Crippen LogP contribution in [0.25, 0.3) is 0 Å². The second kappa shape index (κ2) is 6.33. The maximum absolute atomic E-state index is 13.6. The molecule has 0 radical (unpaired) electrons. The molecule has 1 aliphatic carbocycles. The van der Waals surface area contributed by atoms with E-state index in [-0.39, 0.29) is 5.82 Å². The molecule has 0 saturated heterocycles. The van der Waals surface area contributed by atoms with E-state index in [0.717, 1.165) is 17.9 Å². The molecule has 1 aromatic rings. The van der Waals surface area contributed by atoms with E-state index in [1.807, 2.05) is 12.1 Å². The molecule has 0 aliphatic heterocycles. The predicted octanol–water partition coefficient (Wildman–Crippen LogP) is 3.93. The van der Waals surface area contributed by atoms with Gasteiger partial charge in [0, 0.05) is 12.1 Å². The minimum atomic E-state index is -0.0836. The van der Waals surface area contributed by atoms with E-state index in [4.69, 9.17) is 0 Å². The summed E-state index contributed by atoms with van der Waals surface area (Å²) in [7, 11) is 0. The molecule has 2 heteroatoms. The van der Waals surface area contributed by atoms with Crippen LogP contribution in [0.3, 0.4) is 0 Å². The third kappa shape index (κ3) is 3.55. The van der Waals surface area contributed by atoms with Crippen LogP contribution in [-0.4, -0.2) is 12.1 Å². The highest BCUT2D eigenvalue weighted by atomic mass is 19.1. The molecule has 0 bridgehead atoms. The van der Waals surface area contributed by atoms with Crippen molar-refractivity contribution in [2.45, 2.75) is 58.0 Å². The van der Waals surface area contributed by atoms with Crippen LogP contribution in [0.4, 0.5) is 4.39 Å². The molecule has 100 valence electrons. The first-order valence-electron chi connectivity index (χ1n) is 7.16. The Labute approximate surface area is 110 Å². The standard InChI is InChI=1S/C16H24FN/c1-12(11-15-9-5-6-10-16(15)17)18-13(2)14-7-3-4-8-14/h5-6,9-10,12-14,18H,3-4,7-8,11H2,1-2H3. The predicted molar refractivity (Wildman–Crippen MR) is 74.1 cm³/mol. The number of hydrogen-bond donors (Lipinski definition) is 1. The maximum atomic E-state index is 13.6. The van der Waals surface area contributed by atoms with E-state index < -0.39 is 0 Å². The average Bonchev–Trinajstić information content (AvgIpc) is 2.85. The molecule has 1 nitrogen and oxygen atoms in total. The molecule has 18 heavy (non-hydrogen) atoms. The SMILES string of the molecule is CC(Cc1ccccc1F)NC(C)C1CCCC1. The van der Waals surface area contributed by atoms with E-state index >= 15 is 0 Å². The van der Waals surface area contributed by atoms with Gasteiger partial charge in [-0.3, -0.25) is 0 Å². The third-order valence-electron chi connectivity index (χ3n) is 4.14. The van der Waals surface area contributed by atoms with Gasteiger partial charge in [0.25, 0.3) is 0 Å². The zero-order chi connectivity index (χ0) is 13.0. The number of hydrogen-bond acceptors (Lipinski definition) is 1. The summed E-state index contributed by atoms with van der Waals surface area (Å²) in [4.78, 5) is 0. The Kier molecular flexibility index (Phi) is 4.76. The monoisotopic (exact) mass is 249 g/mol. The van der Waals surface area contributed by atoms with Gasteiger partial charge < -0.3 is 5.32 Å². The Bertz CT molecular complexity index is 371. The van der Waals surface area contributed by atoms with Crippen LogP contribution >= 0.6 is 0 Å². The summed E-state index contributed by atoms with van der Waals surface area (Å²) >= 11 is 0. The zero-order valence-electron chi connectivity index (χ0n) is 11.5. The second-order valence-corrected chi connectivity index (χ2v) is 5.70. The Morgan fingerprint density at radius 3 is 2.56 bits per heavy atom. The lowest BCUT2D eigenvalue weighted by atomic mass is 9.98. The van der Waals surface area contributed by atoms with Gasteiger partial charge in [-0.2, -0.15) is 0 Å². The Morgan fingerprint density at radius 2 is 1.89 bits per heavy atom. The van der Waals surface area contributed by atoms with Crippen LogP contribution in [0, 0.1) is 11.7 Å². The van der Waals surface area contributed by atoms with Gasteiger partial charge in [0.05, 0.1) is 0 Å². The van der Waals surface area contributed by atoms with Crippen molar-refractivity contribution in [2.24, 2.45) is 5.92 Å². The largest absolute Gasteiger partial charge is 0.311 e. The fourth-order valence-electron chi connectivity index (χ4n) is 3.09. The lowest BCUT2D eigenvalue weighted by molar-refractivity contribution is 0.347. The van der Waals surface area contributed by atoms with E-state index in [0.29, 0.717) is 12.1 Å². The van der Waals surface area contributed by atoms with E-state index in [1.165, 1.54) is 25.7 Å². The highest BCUT2D eigenvalue weighted by molar-refractivity contribution is 5.18. The second-order valence-electron chi connectivity index (χ2n) is 5.70. The summed E-state index contributed by atoms with van der Waals surface area (Å²) in [6.07, 6.45) is 6.21. The molecule has 0 amide bonds. The van der Waals surface area contributed by atoms with Gasteiger partial charge in [0.15, 0.2) is 0 Å². The molecule has 1 aromatic carbocycles. The quantitative estimate of drug-likeness (QED) is 0.834. The summed E-state index contributed by atoms with van der Waals surface area (Å²) in [5.41, 5.74) is 0.816. The molecule has 1 N–H and O–H groups in total. The van der Waals surface area contributed by atoms with Crippen molar-refractivity contribution in [1.82, 2.24) is 5.32 Å². The zero-order valence-corrected chi connectivity index (χ0v) is 11.5. The molecule has 2 rings (SSSR count). The van der Waals surface area contributed by atoms with Crippen LogP contribution in [0.15, 0.2) is 24.3 Å². The minimum absolute atomic E-state index is 0.0836. The van der Waals surface area contributed by atoms with Crippen molar-refractivity contribution < 1.29 is 4.39 Å². The van der Waals surface area contributed by atoms with Gasteiger partial charge in [-0.05, 0) is 50.7 Å². The van der Waals surface area contributed by atoms with Crippen LogP contribution < -0.4 is 5.32 Å². The third-order valence-corrected chi connectivity index (χ3v) is 4.14. The van der Waals surface area contributed by atoms with Crippen LogP contribution in [0.2, 0.25) is 0 Å². The smallest absolute Gasteiger partial charge is 0.126 e. The number of halogens is 1. The normalized spacial score (nSPS) is 19.9. The van der Waals surface area contributed by atoms with Crippen molar-refractivity contribution >= 4 is 0 Å². The van der Waals surface area contributed by atoms with Crippen molar-refractivity contribution in [2.75, 3.05) is 0 Å². The van der Waals surface area contributed by atoms with Crippen LogP contribution in [-0.2, 0) is 6.42 Å². The van der Waals surface area contributed by atoms with Gasteiger partial charge in [-0.1, -0.05) is 31.0 Å². The van der Waals surface area contributed by atoms with Crippen LogP contribution in [0.5, 0.6) is 0 Å². The highest BCUT2D eigenvalue weighted by Crippen LogP contribution is 2.27. The van der Waals surface area contributed by atoms with Crippen LogP contribution in [0.1, 0.15) is 45.1 Å². The van der Waals surface area contributed by atoms with E-state index in [2.05, 4.69) is 19.2 Å². The lowest BCUT2D eigenvalue weighted by Crippen LogP contribution is -2.39. The highest BCUT2D eigenvalue weighted by Gasteiger charge is 2.22. The van der Waals surface area contributed by atoms with Gasteiger partial charge in [-0.25, -0.2) is 4.39 Å².